The first-order chi connectivity index (χ1) is 12.8. The second-order valence-electron chi connectivity index (χ2n) is 6.21. The number of sulfonamides is 1. The number of sulfone groups is 1. The molecule has 1 unspecified atom stereocenters. The Labute approximate surface area is 157 Å². The molecule has 1 atom stereocenters. The maximum atomic E-state index is 14.1. The molecule has 0 N–H and O–H groups in total. The molecule has 3 rings (SSSR count). The van der Waals surface area contributed by atoms with Gasteiger partial charge in [-0.05, 0) is 36.8 Å². The van der Waals surface area contributed by atoms with E-state index in [1.165, 1.54) is 42.5 Å². The van der Waals surface area contributed by atoms with E-state index in [0.29, 0.717) is 5.56 Å². The third-order valence-corrected chi connectivity index (χ3v) is 8.59. The summed E-state index contributed by atoms with van der Waals surface area (Å²) in [6.45, 7) is -0.240. The number of halogens is 1. The van der Waals surface area contributed by atoms with Gasteiger partial charge in [0, 0.05) is 18.7 Å². The third kappa shape index (κ3) is 3.88. The van der Waals surface area contributed by atoms with Crippen LogP contribution in [0.15, 0.2) is 53.4 Å². The minimum atomic E-state index is -3.91. The Hall–Kier alpha value is -2.28. The Morgan fingerprint density at radius 1 is 1.07 bits per heavy atom. The fraction of sp³-hybridized carbons (Fsp3) is 0.278. The molecule has 142 valence electrons. The molecular weight excluding hydrogens is 391 g/mol. The average molecular weight is 408 g/mol. The first-order valence-electron chi connectivity index (χ1n) is 8.22. The molecule has 2 aromatic carbocycles. The number of rotatable bonds is 3. The molecule has 2 aromatic rings. The summed E-state index contributed by atoms with van der Waals surface area (Å²) in [5, 5.41) is 7.74. The van der Waals surface area contributed by atoms with Crippen LogP contribution in [-0.2, 0) is 19.9 Å². The molecule has 1 heterocycles. The predicted octanol–water partition coefficient (Wildman–Crippen LogP) is 2.25. The highest BCUT2D eigenvalue weighted by molar-refractivity contribution is 7.92. The van der Waals surface area contributed by atoms with Crippen LogP contribution in [0.3, 0.4) is 0 Å². The smallest absolute Gasteiger partial charge is 0.228 e. The lowest BCUT2D eigenvalue weighted by Gasteiger charge is -2.19. The van der Waals surface area contributed by atoms with Gasteiger partial charge in [0.2, 0.25) is 10.0 Å². The molecule has 0 saturated carbocycles. The van der Waals surface area contributed by atoms with E-state index in [4.69, 9.17) is 5.26 Å². The van der Waals surface area contributed by atoms with E-state index < -0.39 is 30.9 Å². The van der Waals surface area contributed by atoms with Crippen LogP contribution in [0, 0.1) is 17.1 Å². The molecule has 1 saturated heterocycles. The van der Waals surface area contributed by atoms with Crippen LogP contribution in [0.1, 0.15) is 22.8 Å². The number of nitrogens with zero attached hydrogens (tertiary/aromatic N) is 2. The van der Waals surface area contributed by atoms with E-state index >= 15 is 0 Å². The van der Waals surface area contributed by atoms with Crippen LogP contribution in [0.4, 0.5) is 4.39 Å². The van der Waals surface area contributed by atoms with Crippen molar-refractivity contribution in [3.63, 3.8) is 0 Å². The molecule has 6 nitrogen and oxygen atoms in total. The quantitative estimate of drug-likeness (QED) is 0.776. The van der Waals surface area contributed by atoms with E-state index in [1.54, 1.807) is 6.07 Å². The van der Waals surface area contributed by atoms with Crippen LogP contribution in [-0.4, -0.2) is 40.0 Å². The zero-order valence-electron chi connectivity index (χ0n) is 14.2. The van der Waals surface area contributed by atoms with Crippen molar-refractivity contribution in [2.75, 3.05) is 18.8 Å². The summed E-state index contributed by atoms with van der Waals surface area (Å²) >= 11 is 0. The van der Waals surface area contributed by atoms with Crippen molar-refractivity contribution >= 4 is 19.9 Å². The summed E-state index contributed by atoms with van der Waals surface area (Å²) < 4.78 is 66.1. The minimum absolute atomic E-state index is 0.0109. The Bertz CT molecular complexity index is 1090. The summed E-state index contributed by atoms with van der Waals surface area (Å²) in [7, 11) is -7.62. The molecule has 1 fully saturated rings. The molecule has 0 aliphatic carbocycles. The fourth-order valence-corrected chi connectivity index (χ4v) is 6.47. The van der Waals surface area contributed by atoms with Gasteiger partial charge in [0.15, 0.2) is 9.84 Å². The van der Waals surface area contributed by atoms with Crippen LogP contribution in [0.2, 0.25) is 0 Å². The highest BCUT2D eigenvalue weighted by Gasteiger charge is 2.36. The summed E-state index contributed by atoms with van der Waals surface area (Å²) in [6, 6.07) is 13.0. The Balaban J connectivity index is 1.91. The number of nitriles is 1. The normalized spacial score (nSPS) is 20.5. The van der Waals surface area contributed by atoms with Crippen molar-refractivity contribution in [1.29, 1.82) is 5.26 Å². The third-order valence-electron chi connectivity index (χ3n) is 4.57. The zero-order chi connectivity index (χ0) is 19.7. The van der Waals surface area contributed by atoms with Crippen LogP contribution in [0.5, 0.6) is 0 Å². The van der Waals surface area contributed by atoms with Crippen molar-refractivity contribution in [2.24, 2.45) is 0 Å². The highest BCUT2D eigenvalue weighted by Crippen LogP contribution is 2.32. The zero-order valence-corrected chi connectivity index (χ0v) is 15.9. The van der Waals surface area contributed by atoms with Gasteiger partial charge >= 0.3 is 0 Å². The van der Waals surface area contributed by atoms with E-state index in [0.717, 1.165) is 4.31 Å². The largest absolute Gasteiger partial charge is 0.243 e. The number of benzene rings is 2. The summed E-state index contributed by atoms with van der Waals surface area (Å²) in [4.78, 5) is -0.0109. The Kier molecular flexibility index (Phi) is 5.33. The molecule has 0 spiro atoms. The van der Waals surface area contributed by atoms with Crippen LogP contribution in [0.25, 0.3) is 0 Å². The lowest BCUT2D eigenvalue weighted by Crippen LogP contribution is -2.33. The molecule has 9 heteroatoms. The van der Waals surface area contributed by atoms with Gasteiger partial charge < -0.3 is 0 Å². The Morgan fingerprint density at radius 2 is 1.74 bits per heavy atom. The van der Waals surface area contributed by atoms with Gasteiger partial charge in [-0.15, -0.1) is 0 Å². The molecule has 0 aromatic heterocycles. The summed E-state index contributed by atoms with van der Waals surface area (Å²) in [5.41, 5.74) is 0.391. The average Bonchev–Trinajstić information content (AvgIpc) is 2.81. The molecule has 0 radical (unpaired) electrons. The summed E-state index contributed by atoms with van der Waals surface area (Å²) in [6.07, 6.45) is -0.0290. The minimum Gasteiger partial charge on any atom is -0.228 e. The molecule has 0 amide bonds. The highest BCUT2D eigenvalue weighted by atomic mass is 32.2. The maximum Gasteiger partial charge on any atom is 0.243 e. The fourth-order valence-electron chi connectivity index (χ4n) is 3.10. The topological polar surface area (TPSA) is 95.3 Å². The lowest BCUT2D eigenvalue weighted by atomic mass is 10.1. The van der Waals surface area contributed by atoms with E-state index in [9.17, 15) is 21.2 Å². The van der Waals surface area contributed by atoms with Crippen molar-refractivity contribution in [2.45, 2.75) is 16.6 Å². The van der Waals surface area contributed by atoms with Gasteiger partial charge in [-0.25, -0.2) is 21.2 Å². The second-order valence-corrected chi connectivity index (χ2v) is 10.4. The van der Waals surface area contributed by atoms with Gasteiger partial charge in [0.05, 0.1) is 27.5 Å². The van der Waals surface area contributed by atoms with Crippen LogP contribution >= 0.6 is 0 Å². The van der Waals surface area contributed by atoms with Gasteiger partial charge in [-0.1, -0.05) is 18.2 Å². The second kappa shape index (κ2) is 7.38. The van der Waals surface area contributed by atoms with E-state index in [2.05, 4.69) is 0 Å². The molecule has 1 aliphatic heterocycles. The van der Waals surface area contributed by atoms with Crippen molar-refractivity contribution < 1.29 is 21.2 Å². The van der Waals surface area contributed by atoms with Gasteiger partial charge in [-0.2, -0.15) is 9.57 Å². The monoisotopic (exact) mass is 408 g/mol. The van der Waals surface area contributed by atoms with Gasteiger partial charge in [0.1, 0.15) is 5.82 Å². The van der Waals surface area contributed by atoms with Crippen molar-refractivity contribution in [3.05, 3.63) is 65.5 Å². The molecule has 1 aliphatic rings. The first kappa shape index (κ1) is 19.5. The molecular formula is C18H17FN2O4S2. The standard InChI is InChI=1S/C18H17FN2O4S2/c19-17-4-2-1-3-16(17)18-9-10-21(11-12-26(18,22)23)27(24,25)15-7-5-14(13-20)6-8-15/h1-8,18H,9-12H2. The molecule has 27 heavy (non-hydrogen) atoms. The van der Waals surface area contributed by atoms with Gasteiger partial charge in [0.25, 0.3) is 0 Å². The predicted molar refractivity (Wildman–Crippen MR) is 97.5 cm³/mol. The Morgan fingerprint density at radius 3 is 2.37 bits per heavy atom. The maximum absolute atomic E-state index is 14.1. The van der Waals surface area contributed by atoms with E-state index in [-0.39, 0.29) is 35.7 Å². The summed E-state index contributed by atoms with van der Waals surface area (Å²) in [5.74, 6) is -1.00. The number of hydrogen-bond acceptors (Lipinski definition) is 5. The van der Waals surface area contributed by atoms with Crippen molar-refractivity contribution in [3.8, 4) is 6.07 Å². The first-order valence-corrected chi connectivity index (χ1v) is 11.4. The number of hydrogen-bond donors (Lipinski definition) is 0. The van der Waals surface area contributed by atoms with Crippen molar-refractivity contribution in [1.82, 2.24) is 4.31 Å². The van der Waals surface area contributed by atoms with Gasteiger partial charge in [-0.3, -0.25) is 0 Å². The van der Waals surface area contributed by atoms with Crippen LogP contribution < -0.4 is 0 Å². The lowest BCUT2D eigenvalue weighted by molar-refractivity contribution is 0.427. The van der Waals surface area contributed by atoms with E-state index in [1.807, 2.05) is 6.07 Å². The molecule has 0 bridgehead atoms. The SMILES string of the molecule is N#Cc1ccc(S(=O)(=O)N2CCC(c3ccccc3F)S(=O)(=O)CC2)cc1.